The number of amides is 1. The van der Waals surface area contributed by atoms with E-state index in [1.807, 2.05) is 79.7 Å². The minimum Gasteiger partial charge on any atom is -0.489 e. The number of anilines is 2. The fourth-order valence-corrected chi connectivity index (χ4v) is 2.65. The van der Waals surface area contributed by atoms with E-state index in [-0.39, 0.29) is 12.5 Å². The second-order valence-electron chi connectivity index (χ2n) is 6.21. The zero-order chi connectivity index (χ0) is 19.1. The van der Waals surface area contributed by atoms with Crippen molar-refractivity contribution in [1.29, 1.82) is 0 Å². The minimum atomic E-state index is -0.0938. The molecule has 0 aromatic heterocycles. The van der Waals surface area contributed by atoms with E-state index >= 15 is 0 Å². The normalized spacial score (nSPS) is 10.3. The average Bonchev–Trinajstić information content (AvgIpc) is 2.67. The standard InChI is InChI=1S/C22H21ClN2O2/c1-16-3-2-4-20(13-16)25-22(26)14-24-19-9-11-21(12-10-19)27-15-17-5-7-18(23)8-6-17/h2-13,24H,14-15H2,1H3,(H,25,26). The van der Waals surface area contributed by atoms with Crippen LogP contribution in [0.15, 0.2) is 72.8 Å². The molecule has 0 bridgehead atoms. The predicted molar refractivity (Wildman–Crippen MR) is 111 cm³/mol. The Hall–Kier alpha value is -2.98. The smallest absolute Gasteiger partial charge is 0.243 e. The minimum absolute atomic E-state index is 0.0938. The highest BCUT2D eigenvalue weighted by molar-refractivity contribution is 6.30. The van der Waals surface area contributed by atoms with Gasteiger partial charge in [-0.05, 0) is 66.6 Å². The van der Waals surface area contributed by atoms with E-state index in [0.29, 0.717) is 11.6 Å². The van der Waals surface area contributed by atoms with Gasteiger partial charge in [0.2, 0.25) is 5.91 Å². The van der Waals surface area contributed by atoms with E-state index in [1.165, 1.54) is 0 Å². The Balaban J connectivity index is 1.45. The van der Waals surface area contributed by atoms with Crippen LogP contribution in [0.5, 0.6) is 5.75 Å². The Kier molecular flexibility index (Phi) is 6.34. The lowest BCUT2D eigenvalue weighted by Gasteiger charge is -2.10. The molecule has 0 fully saturated rings. The van der Waals surface area contributed by atoms with Crippen LogP contribution in [0.1, 0.15) is 11.1 Å². The molecule has 2 N–H and O–H groups in total. The Morgan fingerprint density at radius 2 is 1.70 bits per heavy atom. The number of aryl methyl sites for hydroxylation is 1. The van der Waals surface area contributed by atoms with Crippen LogP contribution in [0, 0.1) is 6.92 Å². The van der Waals surface area contributed by atoms with Crippen LogP contribution < -0.4 is 15.4 Å². The summed E-state index contributed by atoms with van der Waals surface area (Å²) in [7, 11) is 0. The van der Waals surface area contributed by atoms with Gasteiger partial charge in [-0.1, -0.05) is 35.9 Å². The summed E-state index contributed by atoms with van der Waals surface area (Å²) in [5.74, 6) is 0.670. The summed E-state index contributed by atoms with van der Waals surface area (Å²) in [5.41, 5.74) is 3.81. The molecule has 0 unspecified atom stereocenters. The van der Waals surface area contributed by atoms with Gasteiger partial charge in [-0.2, -0.15) is 0 Å². The predicted octanol–water partition coefficient (Wildman–Crippen LogP) is 5.28. The third-order valence-electron chi connectivity index (χ3n) is 3.93. The van der Waals surface area contributed by atoms with Gasteiger partial charge in [0.05, 0.1) is 6.54 Å². The number of carbonyl (C=O) groups is 1. The van der Waals surface area contributed by atoms with Crippen molar-refractivity contribution in [3.8, 4) is 5.75 Å². The van der Waals surface area contributed by atoms with Gasteiger partial charge in [0.1, 0.15) is 12.4 Å². The number of nitrogens with one attached hydrogen (secondary N) is 2. The first-order valence-corrected chi connectivity index (χ1v) is 9.04. The van der Waals surface area contributed by atoms with Crippen LogP contribution in [-0.2, 0) is 11.4 Å². The summed E-state index contributed by atoms with van der Waals surface area (Å²) < 4.78 is 5.75. The lowest BCUT2D eigenvalue weighted by atomic mass is 10.2. The maximum Gasteiger partial charge on any atom is 0.243 e. The van der Waals surface area contributed by atoms with E-state index in [0.717, 1.165) is 28.3 Å². The largest absolute Gasteiger partial charge is 0.489 e. The van der Waals surface area contributed by atoms with Crippen LogP contribution in [0.3, 0.4) is 0 Å². The Labute approximate surface area is 164 Å². The van der Waals surface area contributed by atoms with Crippen LogP contribution in [0.2, 0.25) is 5.02 Å². The van der Waals surface area contributed by atoms with Crippen molar-refractivity contribution in [2.45, 2.75) is 13.5 Å². The molecule has 4 nitrogen and oxygen atoms in total. The molecule has 1 amide bonds. The molecule has 0 aliphatic rings. The van der Waals surface area contributed by atoms with E-state index in [1.54, 1.807) is 0 Å². The monoisotopic (exact) mass is 380 g/mol. The molecular formula is C22H21ClN2O2. The fraction of sp³-hybridized carbons (Fsp3) is 0.136. The summed E-state index contributed by atoms with van der Waals surface area (Å²) in [4.78, 5) is 12.0. The SMILES string of the molecule is Cc1cccc(NC(=O)CNc2ccc(OCc3ccc(Cl)cc3)cc2)c1. The van der Waals surface area contributed by atoms with Crippen molar-refractivity contribution in [3.63, 3.8) is 0 Å². The summed E-state index contributed by atoms with van der Waals surface area (Å²) in [6.45, 7) is 2.66. The van der Waals surface area contributed by atoms with Crippen molar-refractivity contribution < 1.29 is 9.53 Å². The molecular weight excluding hydrogens is 360 g/mol. The number of rotatable bonds is 7. The van der Waals surface area contributed by atoms with E-state index in [4.69, 9.17) is 16.3 Å². The Bertz CT molecular complexity index is 893. The van der Waals surface area contributed by atoms with E-state index in [2.05, 4.69) is 10.6 Å². The second-order valence-corrected chi connectivity index (χ2v) is 6.65. The van der Waals surface area contributed by atoms with Crippen molar-refractivity contribution >= 4 is 28.9 Å². The molecule has 3 aromatic rings. The van der Waals surface area contributed by atoms with Gasteiger partial charge in [-0.15, -0.1) is 0 Å². The highest BCUT2D eigenvalue weighted by atomic mass is 35.5. The Morgan fingerprint density at radius 1 is 0.963 bits per heavy atom. The third kappa shape index (κ3) is 6.04. The first-order valence-electron chi connectivity index (χ1n) is 8.66. The van der Waals surface area contributed by atoms with Gasteiger partial charge in [0.15, 0.2) is 0 Å². The number of ether oxygens (including phenoxy) is 1. The topological polar surface area (TPSA) is 50.4 Å². The first kappa shape index (κ1) is 18.8. The van der Waals surface area contributed by atoms with Gasteiger partial charge in [0.25, 0.3) is 0 Å². The number of hydrogen-bond acceptors (Lipinski definition) is 3. The highest BCUT2D eigenvalue weighted by Gasteiger charge is 2.03. The molecule has 0 spiro atoms. The molecule has 3 rings (SSSR count). The molecule has 0 saturated carbocycles. The molecule has 0 atom stereocenters. The fourth-order valence-electron chi connectivity index (χ4n) is 2.53. The highest BCUT2D eigenvalue weighted by Crippen LogP contribution is 2.18. The van der Waals surface area contributed by atoms with E-state index < -0.39 is 0 Å². The molecule has 27 heavy (non-hydrogen) atoms. The van der Waals surface area contributed by atoms with Gasteiger partial charge in [0, 0.05) is 16.4 Å². The van der Waals surface area contributed by atoms with Gasteiger partial charge >= 0.3 is 0 Å². The van der Waals surface area contributed by atoms with Gasteiger partial charge < -0.3 is 15.4 Å². The van der Waals surface area contributed by atoms with Gasteiger partial charge in [-0.3, -0.25) is 4.79 Å². The van der Waals surface area contributed by atoms with Crippen LogP contribution >= 0.6 is 11.6 Å². The van der Waals surface area contributed by atoms with Crippen molar-refractivity contribution in [3.05, 3.63) is 88.9 Å². The molecule has 5 heteroatoms. The number of carbonyl (C=O) groups excluding carboxylic acids is 1. The maximum atomic E-state index is 12.0. The van der Waals surface area contributed by atoms with Crippen molar-refractivity contribution in [2.24, 2.45) is 0 Å². The molecule has 0 heterocycles. The van der Waals surface area contributed by atoms with Crippen molar-refractivity contribution in [2.75, 3.05) is 17.2 Å². The summed E-state index contributed by atoms with van der Waals surface area (Å²) in [6.07, 6.45) is 0. The first-order chi connectivity index (χ1) is 13.1. The summed E-state index contributed by atoms with van der Waals surface area (Å²) >= 11 is 5.87. The Morgan fingerprint density at radius 3 is 2.41 bits per heavy atom. The van der Waals surface area contributed by atoms with Crippen LogP contribution in [0.25, 0.3) is 0 Å². The van der Waals surface area contributed by atoms with Crippen LogP contribution in [-0.4, -0.2) is 12.5 Å². The van der Waals surface area contributed by atoms with Crippen molar-refractivity contribution in [1.82, 2.24) is 0 Å². The molecule has 138 valence electrons. The lowest BCUT2D eigenvalue weighted by molar-refractivity contribution is -0.114. The molecule has 0 aliphatic heterocycles. The quantitative estimate of drug-likeness (QED) is 0.586. The summed E-state index contributed by atoms with van der Waals surface area (Å²) in [5, 5.41) is 6.68. The summed E-state index contributed by atoms with van der Waals surface area (Å²) in [6, 6.07) is 22.8. The zero-order valence-corrected chi connectivity index (χ0v) is 15.8. The lowest BCUT2D eigenvalue weighted by Crippen LogP contribution is -2.21. The third-order valence-corrected chi connectivity index (χ3v) is 4.18. The maximum absolute atomic E-state index is 12.0. The van der Waals surface area contributed by atoms with E-state index in [9.17, 15) is 4.79 Å². The zero-order valence-electron chi connectivity index (χ0n) is 15.0. The molecule has 0 saturated heterocycles. The molecule has 3 aromatic carbocycles. The number of hydrogen-bond donors (Lipinski definition) is 2. The average molecular weight is 381 g/mol. The number of benzene rings is 3. The second kappa shape index (κ2) is 9.10. The molecule has 0 radical (unpaired) electrons. The molecule has 0 aliphatic carbocycles. The van der Waals surface area contributed by atoms with Crippen LogP contribution in [0.4, 0.5) is 11.4 Å². The number of halogens is 1. The van der Waals surface area contributed by atoms with Gasteiger partial charge in [-0.25, -0.2) is 0 Å².